The summed E-state index contributed by atoms with van der Waals surface area (Å²) in [5.41, 5.74) is 0.999. The van der Waals surface area contributed by atoms with Crippen LogP contribution < -0.4 is 5.32 Å². The van der Waals surface area contributed by atoms with Gasteiger partial charge in [0.15, 0.2) is 0 Å². The summed E-state index contributed by atoms with van der Waals surface area (Å²) in [7, 11) is 0. The number of hydrogen-bond donors (Lipinski definition) is 1. The number of anilines is 1. The average molecular weight is 303 g/mol. The molecule has 0 aliphatic heterocycles. The van der Waals surface area contributed by atoms with Crippen molar-refractivity contribution in [1.29, 1.82) is 0 Å². The van der Waals surface area contributed by atoms with Gasteiger partial charge in [-0.25, -0.2) is 9.36 Å². The number of aryl methyl sites for hydroxylation is 3. The molecule has 0 saturated heterocycles. The highest BCUT2D eigenvalue weighted by Gasteiger charge is 2.22. The minimum atomic E-state index is -0.0438. The lowest BCUT2D eigenvalue weighted by Gasteiger charge is -2.15. The number of carbonyl (C=O) groups excluding carboxylic acids is 1. The van der Waals surface area contributed by atoms with E-state index in [2.05, 4.69) is 25.9 Å². The van der Waals surface area contributed by atoms with Crippen molar-refractivity contribution in [2.45, 2.75) is 58.5 Å². The maximum atomic E-state index is 12.2. The van der Waals surface area contributed by atoms with Crippen LogP contribution in [0.5, 0.6) is 0 Å². The summed E-state index contributed by atoms with van der Waals surface area (Å²) in [5.74, 6) is 1.49. The number of hydrogen-bond acceptors (Lipinski definition) is 5. The zero-order valence-electron chi connectivity index (χ0n) is 13.0. The SMILES string of the molecule is Cc1cnn(C2CCCC2)c1NC(=O)CCn1nnnc1C. The molecule has 1 aliphatic carbocycles. The third-order valence-corrected chi connectivity index (χ3v) is 4.17. The van der Waals surface area contributed by atoms with Crippen LogP contribution in [0.25, 0.3) is 0 Å². The maximum absolute atomic E-state index is 12.2. The smallest absolute Gasteiger partial charge is 0.227 e. The van der Waals surface area contributed by atoms with Gasteiger partial charge in [-0.1, -0.05) is 12.8 Å². The molecule has 118 valence electrons. The number of aromatic nitrogens is 6. The lowest BCUT2D eigenvalue weighted by molar-refractivity contribution is -0.116. The monoisotopic (exact) mass is 303 g/mol. The third-order valence-electron chi connectivity index (χ3n) is 4.17. The number of amides is 1. The number of tetrazole rings is 1. The van der Waals surface area contributed by atoms with Gasteiger partial charge < -0.3 is 5.32 Å². The second-order valence-electron chi connectivity index (χ2n) is 5.81. The molecule has 0 radical (unpaired) electrons. The number of rotatable bonds is 5. The molecule has 2 aromatic rings. The Bertz CT molecular complexity index is 654. The van der Waals surface area contributed by atoms with E-state index in [1.165, 1.54) is 12.8 Å². The van der Waals surface area contributed by atoms with Gasteiger partial charge in [0, 0.05) is 12.0 Å². The summed E-state index contributed by atoms with van der Waals surface area (Å²) in [6, 6.07) is 0.408. The number of nitrogens with zero attached hydrogens (tertiary/aromatic N) is 6. The van der Waals surface area contributed by atoms with Crippen molar-refractivity contribution in [3.8, 4) is 0 Å². The van der Waals surface area contributed by atoms with E-state index in [-0.39, 0.29) is 5.91 Å². The highest BCUT2D eigenvalue weighted by molar-refractivity contribution is 5.90. The van der Waals surface area contributed by atoms with E-state index < -0.39 is 0 Å². The quantitative estimate of drug-likeness (QED) is 0.906. The lowest BCUT2D eigenvalue weighted by atomic mass is 10.2. The fourth-order valence-corrected chi connectivity index (χ4v) is 2.89. The van der Waals surface area contributed by atoms with Gasteiger partial charge in [0.1, 0.15) is 11.6 Å². The van der Waals surface area contributed by atoms with Crippen molar-refractivity contribution in [2.24, 2.45) is 0 Å². The first-order valence-corrected chi connectivity index (χ1v) is 7.72. The fraction of sp³-hybridized carbons (Fsp3) is 0.643. The summed E-state index contributed by atoms with van der Waals surface area (Å²) >= 11 is 0. The van der Waals surface area contributed by atoms with Gasteiger partial charge >= 0.3 is 0 Å². The van der Waals surface area contributed by atoms with Crippen LogP contribution in [0.1, 0.15) is 49.5 Å². The van der Waals surface area contributed by atoms with E-state index in [1.54, 1.807) is 4.68 Å². The van der Waals surface area contributed by atoms with Crippen molar-refractivity contribution in [3.63, 3.8) is 0 Å². The molecule has 1 saturated carbocycles. The molecule has 1 amide bonds. The van der Waals surface area contributed by atoms with Gasteiger partial charge in [-0.05, 0) is 37.1 Å². The van der Waals surface area contributed by atoms with Crippen LogP contribution in [0.4, 0.5) is 5.82 Å². The van der Waals surface area contributed by atoms with Crippen LogP contribution in [-0.2, 0) is 11.3 Å². The van der Waals surface area contributed by atoms with Crippen molar-refractivity contribution >= 4 is 11.7 Å². The first kappa shape index (κ1) is 14.7. The molecule has 3 rings (SSSR count). The Kier molecular flexibility index (Phi) is 4.17. The first-order valence-electron chi connectivity index (χ1n) is 7.72. The number of carbonyl (C=O) groups is 1. The second-order valence-corrected chi connectivity index (χ2v) is 5.81. The normalized spacial score (nSPS) is 15.4. The Morgan fingerprint density at radius 1 is 1.36 bits per heavy atom. The van der Waals surface area contributed by atoms with E-state index in [4.69, 9.17) is 0 Å². The van der Waals surface area contributed by atoms with E-state index in [1.807, 2.05) is 24.7 Å². The predicted molar refractivity (Wildman–Crippen MR) is 80.3 cm³/mol. The summed E-state index contributed by atoms with van der Waals surface area (Å²) in [6.45, 7) is 4.26. The van der Waals surface area contributed by atoms with Crippen LogP contribution in [0.3, 0.4) is 0 Å². The Hall–Kier alpha value is -2.25. The van der Waals surface area contributed by atoms with Gasteiger partial charge in [-0.3, -0.25) is 4.79 Å². The molecule has 22 heavy (non-hydrogen) atoms. The van der Waals surface area contributed by atoms with Gasteiger partial charge in [0.25, 0.3) is 0 Å². The molecule has 1 fully saturated rings. The topological polar surface area (TPSA) is 90.5 Å². The van der Waals surface area contributed by atoms with Crippen LogP contribution in [0.15, 0.2) is 6.20 Å². The molecule has 0 bridgehead atoms. The highest BCUT2D eigenvalue weighted by atomic mass is 16.1. The fourth-order valence-electron chi connectivity index (χ4n) is 2.89. The molecule has 8 nitrogen and oxygen atoms in total. The standard InChI is InChI=1S/C14H21N7O/c1-10-9-15-21(12-5-3-4-6-12)14(10)16-13(22)7-8-20-11(2)17-18-19-20/h9,12H,3-8H2,1-2H3,(H,16,22). The van der Waals surface area contributed by atoms with Crippen LogP contribution in [0.2, 0.25) is 0 Å². The summed E-state index contributed by atoms with van der Waals surface area (Å²) < 4.78 is 3.60. The largest absolute Gasteiger partial charge is 0.311 e. The van der Waals surface area contributed by atoms with Crippen LogP contribution in [0, 0.1) is 13.8 Å². The molecule has 0 aromatic carbocycles. The third kappa shape index (κ3) is 3.00. The molecule has 1 aliphatic rings. The maximum Gasteiger partial charge on any atom is 0.227 e. The van der Waals surface area contributed by atoms with Gasteiger partial charge in [0.2, 0.25) is 5.91 Å². The van der Waals surface area contributed by atoms with E-state index in [0.29, 0.717) is 24.8 Å². The van der Waals surface area contributed by atoms with Crippen LogP contribution >= 0.6 is 0 Å². The van der Waals surface area contributed by atoms with Gasteiger partial charge in [-0.2, -0.15) is 5.10 Å². The minimum Gasteiger partial charge on any atom is -0.311 e. The first-order chi connectivity index (χ1) is 10.6. The second kappa shape index (κ2) is 6.25. The summed E-state index contributed by atoms with van der Waals surface area (Å²) in [5, 5.41) is 18.7. The van der Waals surface area contributed by atoms with E-state index in [9.17, 15) is 4.79 Å². The Labute approximate surface area is 128 Å². The summed E-state index contributed by atoms with van der Waals surface area (Å²) in [4.78, 5) is 12.2. The Morgan fingerprint density at radius 3 is 2.82 bits per heavy atom. The lowest BCUT2D eigenvalue weighted by Crippen LogP contribution is -2.20. The molecule has 2 aromatic heterocycles. The Balaban J connectivity index is 1.64. The zero-order valence-corrected chi connectivity index (χ0v) is 13.0. The van der Waals surface area contributed by atoms with Crippen LogP contribution in [-0.4, -0.2) is 35.9 Å². The number of nitrogens with one attached hydrogen (secondary N) is 1. The summed E-state index contributed by atoms with van der Waals surface area (Å²) in [6.07, 6.45) is 6.88. The molecule has 0 unspecified atom stereocenters. The molecule has 8 heteroatoms. The van der Waals surface area contributed by atoms with Gasteiger partial charge in [-0.15, -0.1) is 5.10 Å². The van der Waals surface area contributed by atoms with Crippen molar-refractivity contribution < 1.29 is 4.79 Å². The molecule has 2 heterocycles. The van der Waals surface area contributed by atoms with Crippen molar-refractivity contribution in [3.05, 3.63) is 17.6 Å². The van der Waals surface area contributed by atoms with Gasteiger partial charge in [0.05, 0.1) is 18.8 Å². The highest BCUT2D eigenvalue weighted by Crippen LogP contribution is 2.32. The predicted octanol–water partition coefficient (Wildman–Crippen LogP) is 1.63. The van der Waals surface area contributed by atoms with E-state index in [0.717, 1.165) is 24.2 Å². The van der Waals surface area contributed by atoms with Crippen molar-refractivity contribution in [1.82, 2.24) is 30.0 Å². The molecular weight excluding hydrogens is 282 g/mol. The molecule has 0 atom stereocenters. The minimum absolute atomic E-state index is 0.0438. The van der Waals surface area contributed by atoms with Crippen molar-refractivity contribution in [2.75, 3.05) is 5.32 Å². The molecule has 0 spiro atoms. The Morgan fingerprint density at radius 2 is 2.14 bits per heavy atom. The van der Waals surface area contributed by atoms with E-state index >= 15 is 0 Å². The average Bonchev–Trinajstić information content (AvgIpc) is 3.21. The molecular formula is C14H21N7O. The molecule has 1 N–H and O–H groups in total. The zero-order chi connectivity index (χ0) is 15.5.